The van der Waals surface area contributed by atoms with E-state index in [4.69, 9.17) is 9.47 Å². The Morgan fingerprint density at radius 2 is 1.81 bits per heavy atom. The fourth-order valence-corrected chi connectivity index (χ4v) is 4.33. The number of nitrogens with zero attached hydrogens (tertiary/aromatic N) is 1. The molecule has 3 aromatic rings. The minimum absolute atomic E-state index is 0.239. The first-order valence-electron chi connectivity index (χ1n) is 10.3. The van der Waals surface area contributed by atoms with Crippen LogP contribution in [0.3, 0.4) is 0 Å². The van der Waals surface area contributed by atoms with E-state index in [-0.39, 0.29) is 5.69 Å². The molecule has 0 aliphatic heterocycles. The lowest BCUT2D eigenvalue weighted by Crippen LogP contribution is -2.26. The lowest BCUT2D eigenvalue weighted by atomic mass is 10.0. The maximum absolute atomic E-state index is 13.2. The molecule has 160 valence electrons. The number of nitrogens with one attached hydrogen (secondary N) is 1. The number of rotatable bonds is 5. The summed E-state index contributed by atoms with van der Waals surface area (Å²) in [6, 6.07) is 7.47. The van der Waals surface area contributed by atoms with Crippen molar-refractivity contribution in [1.29, 1.82) is 0 Å². The molecule has 1 N–H and O–H groups in total. The van der Waals surface area contributed by atoms with Crippen molar-refractivity contribution in [2.45, 2.75) is 46.1 Å². The first-order valence-corrected chi connectivity index (χ1v) is 10.3. The number of aromatic nitrogens is 2. The number of aromatic amines is 1. The van der Waals surface area contributed by atoms with Gasteiger partial charge < -0.3 is 14.5 Å². The number of carbonyl (C=O) groups is 3. The molecule has 0 bridgehead atoms. The van der Waals surface area contributed by atoms with Gasteiger partial charge in [-0.1, -0.05) is 18.2 Å². The van der Waals surface area contributed by atoms with Gasteiger partial charge in [-0.25, -0.2) is 9.59 Å². The molecule has 0 unspecified atom stereocenters. The third kappa shape index (κ3) is 3.50. The summed E-state index contributed by atoms with van der Waals surface area (Å²) in [5.74, 6) is -1.46. The van der Waals surface area contributed by atoms with E-state index in [1.165, 1.54) is 14.0 Å². The summed E-state index contributed by atoms with van der Waals surface area (Å²) in [6.45, 7) is 4.90. The zero-order valence-corrected chi connectivity index (χ0v) is 18.0. The van der Waals surface area contributed by atoms with E-state index in [1.807, 2.05) is 24.3 Å². The number of pyridine rings is 1. The van der Waals surface area contributed by atoms with Gasteiger partial charge in [-0.05, 0) is 57.2 Å². The second kappa shape index (κ2) is 7.98. The Kier molecular flexibility index (Phi) is 5.35. The van der Waals surface area contributed by atoms with Crippen molar-refractivity contribution in [2.24, 2.45) is 0 Å². The fourth-order valence-electron chi connectivity index (χ4n) is 4.33. The second-order valence-electron chi connectivity index (χ2n) is 7.81. The van der Waals surface area contributed by atoms with Crippen LogP contribution in [0.1, 0.15) is 67.1 Å². The molecule has 0 saturated heterocycles. The summed E-state index contributed by atoms with van der Waals surface area (Å²) in [4.78, 5) is 45.9. The molecule has 0 radical (unpaired) electrons. The van der Waals surface area contributed by atoms with Crippen LogP contribution in [0, 0.1) is 13.8 Å². The van der Waals surface area contributed by atoms with Crippen LogP contribution in [0.5, 0.6) is 0 Å². The maximum Gasteiger partial charge on any atom is 0.339 e. The highest BCUT2D eigenvalue weighted by Gasteiger charge is 2.30. The number of hydrogen-bond donors (Lipinski definition) is 1. The average molecular weight is 420 g/mol. The molecule has 1 aliphatic rings. The predicted octanol–water partition coefficient (Wildman–Crippen LogP) is 3.88. The van der Waals surface area contributed by atoms with Gasteiger partial charge in [0.2, 0.25) is 5.78 Å². The summed E-state index contributed by atoms with van der Waals surface area (Å²) in [6.07, 6.45) is 1.49. The molecule has 7 heteroatoms. The van der Waals surface area contributed by atoms with Crippen LogP contribution in [0.4, 0.5) is 0 Å². The maximum atomic E-state index is 13.2. The molecule has 1 aromatic carbocycles. The molecule has 1 atom stereocenters. The summed E-state index contributed by atoms with van der Waals surface area (Å²) in [7, 11) is 1.29. The molecule has 1 aliphatic carbocycles. The van der Waals surface area contributed by atoms with Crippen LogP contribution >= 0.6 is 0 Å². The van der Waals surface area contributed by atoms with E-state index in [1.54, 1.807) is 13.8 Å². The number of benzene rings is 1. The lowest BCUT2D eigenvalue weighted by Gasteiger charge is -2.16. The smallest absolute Gasteiger partial charge is 0.339 e. The number of para-hydroxylation sites is 1. The van der Waals surface area contributed by atoms with Crippen molar-refractivity contribution in [1.82, 2.24) is 9.97 Å². The van der Waals surface area contributed by atoms with Crippen molar-refractivity contribution >= 4 is 28.6 Å². The van der Waals surface area contributed by atoms with Crippen molar-refractivity contribution in [3.63, 3.8) is 0 Å². The minimum atomic E-state index is -1.03. The predicted molar refractivity (Wildman–Crippen MR) is 115 cm³/mol. The topological polar surface area (TPSA) is 98.4 Å². The molecule has 0 saturated carbocycles. The molecule has 2 aromatic heterocycles. The van der Waals surface area contributed by atoms with Gasteiger partial charge in [0.05, 0.1) is 29.4 Å². The van der Waals surface area contributed by atoms with Gasteiger partial charge in [0, 0.05) is 16.8 Å². The molecular formula is C24H24N2O5. The molecular weight excluding hydrogens is 396 g/mol. The largest absolute Gasteiger partial charge is 0.465 e. The standard InChI is InChI=1S/C24H24N2O5/c1-12-19(23(28)30-4)13(2)25-21(12)22(27)14(3)31-24(29)20-15-8-5-6-10-17(15)26-18-11-7-9-16(18)20/h5-6,8,10,14,25H,7,9,11H2,1-4H3/t14-/m0/s1. The lowest BCUT2D eigenvalue weighted by molar-refractivity contribution is 0.0317. The monoisotopic (exact) mass is 420 g/mol. The fraction of sp³-hybridized carbons (Fsp3) is 0.333. The molecule has 0 fully saturated rings. The molecule has 7 nitrogen and oxygen atoms in total. The normalized spacial score (nSPS) is 13.7. The van der Waals surface area contributed by atoms with Crippen LogP contribution < -0.4 is 0 Å². The van der Waals surface area contributed by atoms with Gasteiger partial charge in [0.15, 0.2) is 6.10 Å². The Balaban J connectivity index is 1.65. The first-order chi connectivity index (χ1) is 14.8. The number of aryl methyl sites for hydroxylation is 2. The van der Waals surface area contributed by atoms with Crippen molar-refractivity contribution in [3.05, 3.63) is 63.6 Å². The van der Waals surface area contributed by atoms with E-state index >= 15 is 0 Å². The Bertz CT molecular complexity index is 1220. The Labute approximate surface area is 179 Å². The van der Waals surface area contributed by atoms with Crippen LogP contribution in [-0.2, 0) is 22.3 Å². The highest BCUT2D eigenvalue weighted by molar-refractivity contribution is 6.08. The first kappa shape index (κ1) is 20.8. The van der Waals surface area contributed by atoms with Gasteiger partial charge in [0.1, 0.15) is 0 Å². The van der Waals surface area contributed by atoms with Crippen LogP contribution in [0.15, 0.2) is 24.3 Å². The van der Waals surface area contributed by atoms with Gasteiger partial charge in [-0.2, -0.15) is 0 Å². The minimum Gasteiger partial charge on any atom is -0.465 e. The number of ketones is 1. The van der Waals surface area contributed by atoms with E-state index in [2.05, 4.69) is 9.97 Å². The number of fused-ring (bicyclic) bond motifs is 2. The second-order valence-corrected chi connectivity index (χ2v) is 7.81. The number of methoxy groups -OCH3 is 1. The van der Waals surface area contributed by atoms with E-state index < -0.39 is 23.8 Å². The number of carbonyl (C=O) groups excluding carboxylic acids is 3. The third-order valence-electron chi connectivity index (χ3n) is 5.85. The molecule has 31 heavy (non-hydrogen) atoms. The summed E-state index contributed by atoms with van der Waals surface area (Å²) >= 11 is 0. The molecule has 0 amide bonds. The van der Waals surface area contributed by atoms with E-state index in [0.29, 0.717) is 22.4 Å². The number of Topliss-reactive ketones (excluding diaryl/α,β-unsaturated/α-hetero) is 1. The van der Waals surface area contributed by atoms with E-state index in [0.717, 1.165) is 41.4 Å². The number of hydrogen-bond acceptors (Lipinski definition) is 6. The summed E-state index contributed by atoms with van der Waals surface area (Å²) in [5.41, 5.74) is 4.63. The van der Waals surface area contributed by atoms with Crippen LogP contribution in [0.2, 0.25) is 0 Å². The zero-order valence-electron chi connectivity index (χ0n) is 18.0. The van der Waals surface area contributed by atoms with Crippen molar-refractivity contribution < 1.29 is 23.9 Å². The number of esters is 2. The Morgan fingerprint density at radius 3 is 2.55 bits per heavy atom. The molecule has 4 rings (SSSR count). The third-order valence-corrected chi connectivity index (χ3v) is 5.85. The Hall–Kier alpha value is -3.48. The molecule has 0 spiro atoms. The van der Waals surface area contributed by atoms with Gasteiger partial charge >= 0.3 is 11.9 Å². The van der Waals surface area contributed by atoms with Gasteiger partial charge in [-0.15, -0.1) is 0 Å². The molecule has 2 heterocycles. The number of H-pyrrole nitrogens is 1. The van der Waals surface area contributed by atoms with Crippen molar-refractivity contribution in [2.75, 3.05) is 7.11 Å². The van der Waals surface area contributed by atoms with Crippen LogP contribution in [0.25, 0.3) is 10.9 Å². The highest BCUT2D eigenvalue weighted by atomic mass is 16.5. The van der Waals surface area contributed by atoms with Gasteiger partial charge in [-0.3, -0.25) is 9.78 Å². The summed E-state index contributed by atoms with van der Waals surface area (Å²) in [5, 5.41) is 0.729. The average Bonchev–Trinajstić information content (AvgIpc) is 3.34. The number of ether oxygens (including phenoxy) is 2. The van der Waals surface area contributed by atoms with Crippen molar-refractivity contribution in [3.8, 4) is 0 Å². The van der Waals surface area contributed by atoms with Gasteiger partial charge in [0.25, 0.3) is 0 Å². The quantitative estimate of drug-likeness (QED) is 0.497. The highest BCUT2D eigenvalue weighted by Crippen LogP contribution is 2.31. The Morgan fingerprint density at radius 1 is 1.06 bits per heavy atom. The van der Waals surface area contributed by atoms with E-state index in [9.17, 15) is 14.4 Å². The SMILES string of the molecule is COC(=O)c1c(C)[nH]c(C(=O)[C@H](C)OC(=O)c2c3c(nc4ccccc24)CCC3)c1C. The zero-order chi connectivity index (χ0) is 22.3. The van der Waals surface area contributed by atoms with Crippen LogP contribution in [-0.4, -0.2) is 40.9 Å². The summed E-state index contributed by atoms with van der Waals surface area (Å²) < 4.78 is 10.4.